The van der Waals surface area contributed by atoms with Crippen molar-refractivity contribution in [1.29, 1.82) is 0 Å². The molecular formula is C13H15N5O. The quantitative estimate of drug-likeness (QED) is 0.764. The van der Waals surface area contributed by atoms with Crippen molar-refractivity contribution in [1.82, 2.24) is 19.3 Å². The van der Waals surface area contributed by atoms with E-state index in [9.17, 15) is 0 Å². The van der Waals surface area contributed by atoms with Gasteiger partial charge in [-0.15, -0.1) is 0 Å². The second-order valence-corrected chi connectivity index (χ2v) is 4.33. The van der Waals surface area contributed by atoms with Crippen LogP contribution in [0.3, 0.4) is 0 Å². The minimum absolute atomic E-state index is 0.136. The van der Waals surface area contributed by atoms with Gasteiger partial charge in [0.05, 0.1) is 12.2 Å². The molecule has 0 amide bonds. The van der Waals surface area contributed by atoms with Crippen molar-refractivity contribution >= 4 is 0 Å². The van der Waals surface area contributed by atoms with E-state index in [-0.39, 0.29) is 12.6 Å². The second-order valence-electron chi connectivity index (χ2n) is 4.33. The van der Waals surface area contributed by atoms with Gasteiger partial charge in [0.25, 0.3) is 5.89 Å². The average Bonchev–Trinajstić information content (AvgIpc) is 3.14. The minimum Gasteiger partial charge on any atom is -0.352 e. The Morgan fingerprint density at radius 1 is 1.26 bits per heavy atom. The van der Waals surface area contributed by atoms with Gasteiger partial charge in [-0.1, -0.05) is 5.16 Å². The molecule has 0 aliphatic heterocycles. The molecule has 98 valence electrons. The van der Waals surface area contributed by atoms with Gasteiger partial charge >= 0.3 is 0 Å². The number of hydrogen-bond donors (Lipinski definition) is 1. The van der Waals surface area contributed by atoms with Crippen LogP contribution in [0.25, 0.3) is 0 Å². The van der Waals surface area contributed by atoms with Crippen LogP contribution in [0.2, 0.25) is 0 Å². The first-order valence-corrected chi connectivity index (χ1v) is 6.06. The van der Waals surface area contributed by atoms with Crippen LogP contribution in [0.4, 0.5) is 0 Å². The van der Waals surface area contributed by atoms with E-state index in [0.29, 0.717) is 11.7 Å². The van der Waals surface area contributed by atoms with E-state index in [1.807, 2.05) is 59.0 Å². The molecule has 6 nitrogen and oxygen atoms in total. The second kappa shape index (κ2) is 4.74. The SMILES string of the molecule is Cn1cccc1[C@@H](c1nc(CN)no1)n1cccc1. The highest BCUT2D eigenvalue weighted by atomic mass is 16.5. The molecule has 0 spiro atoms. The zero-order chi connectivity index (χ0) is 13.2. The van der Waals surface area contributed by atoms with Crippen molar-refractivity contribution in [2.45, 2.75) is 12.6 Å². The summed E-state index contributed by atoms with van der Waals surface area (Å²) in [6.07, 6.45) is 5.94. The van der Waals surface area contributed by atoms with Gasteiger partial charge in [0.2, 0.25) is 0 Å². The number of aromatic nitrogens is 4. The number of rotatable bonds is 4. The lowest BCUT2D eigenvalue weighted by Crippen LogP contribution is -2.14. The highest BCUT2D eigenvalue weighted by Crippen LogP contribution is 2.25. The first-order valence-electron chi connectivity index (χ1n) is 6.06. The normalized spacial score (nSPS) is 12.7. The van der Waals surface area contributed by atoms with Crippen LogP contribution < -0.4 is 5.73 Å². The fourth-order valence-electron chi connectivity index (χ4n) is 2.15. The van der Waals surface area contributed by atoms with Crippen molar-refractivity contribution in [2.75, 3.05) is 0 Å². The fraction of sp³-hybridized carbons (Fsp3) is 0.231. The van der Waals surface area contributed by atoms with E-state index in [4.69, 9.17) is 10.3 Å². The van der Waals surface area contributed by atoms with Gasteiger partial charge in [0.1, 0.15) is 0 Å². The maximum atomic E-state index is 5.53. The van der Waals surface area contributed by atoms with Crippen LogP contribution in [0.15, 0.2) is 47.4 Å². The molecule has 0 saturated carbocycles. The third-order valence-electron chi connectivity index (χ3n) is 3.09. The third kappa shape index (κ3) is 2.06. The summed E-state index contributed by atoms with van der Waals surface area (Å²) in [5.41, 5.74) is 6.61. The summed E-state index contributed by atoms with van der Waals surface area (Å²) in [4.78, 5) is 4.35. The van der Waals surface area contributed by atoms with Gasteiger partial charge < -0.3 is 19.4 Å². The van der Waals surface area contributed by atoms with E-state index in [0.717, 1.165) is 5.69 Å². The smallest absolute Gasteiger partial charge is 0.255 e. The van der Waals surface area contributed by atoms with E-state index in [2.05, 4.69) is 10.1 Å². The van der Waals surface area contributed by atoms with Gasteiger partial charge in [-0.05, 0) is 24.3 Å². The topological polar surface area (TPSA) is 74.8 Å². The van der Waals surface area contributed by atoms with Crippen LogP contribution in [0.5, 0.6) is 0 Å². The maximum absolute atomic E-state index is 5.53. The van der Waals surface area contributed by atoms with E-state index in [1.54, 1.807) is 0 Å². The Hall–Kier alpha value is -2.34. The molecule has 3 aromatic heterocycles. The van der Waals surface area contributed by atoms with Crippen molar-refractivity contribution in [3.05, 3.63) is 60.3 Å². The lowest BCUT2D eigenvalue weighted by atomic mass is 10.2. The fourth-order valence-corrected chi connectivity index (χ4v) is 2.15. The van der Waals surface area contributed by atoms with Crippen molar-refractivity contribution < 1.29 is 4.52 Å². The van der Waals surface area contributed by atoms with E-state index >= 15 is 0 Å². The van der Waals surface area contributed by atoms with Gasteiger partial charge in [-0.2, -0.15) is 4.98 Å². The highest BCUT2D eigenvalue weighted by molar-refractivity contribution is 5.20. The monoisotopic (exact) mass is 257 g/mol. The van der Waals surface area contributed by atoms with E-state index in [1.165, 1.54) is 0 Å². The molecule has 0 radical (unpaired) electrons. The Bertz CT molecular complexity index is 652. The summed E-state index contributed by atoms with van der Waals surface area (Å²) in [6, 6.07) is 7.83. The van der Waals surface area contributed by atoms with Gasteiger partial charge in [-0.3, -0.25) is 0 Å². The van der Waals surface area contributed by atoms with Gasteiger partial charge in [0.15, 0.2) is 11.9 Å². The van der Waals surface area contributed by atoms with Crippen molar-refractivity contribution in [3.8, 4) is 0 Å². The molecule has 0 bridgehead atoms. The largest absolute Gasteiger partial charge is 0.352 e. The van der Waals surface area contributed by atoms with Crippen LogP contribution >= 0.6 is 0 Å². The molecule has 0 aliphatic rings. The van der Waals surface area contributed by atoms with E-state index < -0.39 is 0 Å². The summed E-state index contributed by atoms with van der Waals surface area (Å²) >= 11 is 0. The number of nitrogens with zero attached hydrogens (tertiary/aromatic N) is 4. The highest BCUT2D eigenvalue weighted by Gasteiger charge is 2.24. The molecule has 3 heterocycles. The number of hydrogen-bond acceptors (Lipinski definition) is 4. The molecule has 0 aliphatic carbocycles. The van der Waals surface area contributed by atoms with Crippen LogP contribution in [-0.4, -0.2) is 19.3 Å². The van der Waals surface area contributed by atoms with Crippen LogP contribution in [0.1, 0.15) is 23.5 Å². The van der Waals surface area contributed by atoms with Crippen molar-refractivity contribution in [2.24, 2.45) is 12.8 Å². The predicted octanol–water partition coefficient (Wildman–Crippen LogP) is 1.31. The first-order chi connectivity index (χ1) is 9.29. The Morgan fingerprint density at radius 3 is 2.63 bits per heavy atom. The summed E-state index contributed by atoms with van der Waals surface area (Å²) in [7, 11) is 1.99. The standard InChI is InChI=1S/C13H15N5O/c1-17-6-4-5-10(17)12(18-7-2-3-8-18)13-15-11(9-14)16-19-13/h2-8,12H,9,14H2,1H3/t12-/m0/s1. The number of aryl methyl sites for hydroxylation is 1. The molecular weight excluding hydrogens is 242 g/mol. The molecule has 0 saturated heterocycles. The molecule has 0 unspecified atom stereocenters. The zero-order valence-electron chi connectivity index (χ0n) is 10.6. The van der Waals surface area contributed by atoms with Gasteiger partial charge in [0, 0.05) is 25.6 Å². The maximum Gasteiger partial charge on any atom is 0.255 e. The summed E-state index contributed by atoms with van der Waals surface area (Å²) < 4.78 is 9.41. The number of nitrogens with two attached hydrogens (primary N) is 1. The molecule has 3 aromatic rings. The Kier molecular flexibility index (Phi) is 2.92. The Morgan fingerprint density at radius 2 is 2.05 bits per heavy atom. The molecule has 2 N–H and O–H groups in total. The Labute approximate surface area is 110 Å². The first kappa shape index (κ1) is 11.7. The minimum atomic E-state index is -0.136. The molecule has 1 atom stereocenters. The summed E-state index contributed by atoms with van der Waals surface area (Å²) in [6.45, 7) is 0.273. The lowest BCUT2D eigenvalue weighted by Gasteiger charge is -2.16. The predicted molar refractivity (Wildman–Crippen MR) is 69.3 cm³/mol. The zero-order valence-corrected chi connectivity index (χ0v) is 10.6. The molecule has 6 heteroatoms. The summed E-state index contributed by atoms with van der Waals surface area (Å²) in [5, 5.41) is 3.87. The summed E-state index contributed by atoms with van der Waals surface area (Å²) in [5.74, 6) is 1.06. The van der Waals surface area contributed by atoms with Crippen molar-refractivity contribution in [3.63, 3.8) is 0 Å². The molecule has 3 rings (SSSR count). The van der Waals surface area contributed by atoms with Gasteiger partial charge in [-0.25, -0.2) is 0 Å². The Balaban J connectivity index is 2.09. The lowest BCUT2D eigenvalue weighted by molar-refractivity contribution is 0.345. The molecule has 0 fully saturated rings. The molecule has 19 heavy (non-hydrogen) atoms. The average molecular weight is 257 g/mol. The van der Waals surface area contributed by atoms with Crippen LogP contribution in [-0.2, 0) is 13.6 Å². The van der Waals surface area contributed by atoms with Crippen LogP contribution in [0, 0.1) is 0 Å². The molecule has 0 aromatic carbocycles. The third-order valence-corrected chi connectivity index (χ3v) is 3.09.